The van der Waals surface area contributed by atoms with Gasteiger partial charge in [-0.05, 0) is 18.2 Å². The second kappa shape index (κ2) is 5.45. The minimum absolute atomic E-state index is 0.418. The highest BCUT2D eigenvalue weighted by Gasteiger charge is 1.92. The summed E-state index contributed by atoms with van der Waals surface area (Å²) in [6.07, 6.45) is 2.57. The van der Waals surface area contributed by atoms with Crippen LogP contribution >= 0.6 is 0 Å². The largest absolute Gasteiger partial charge is 0.478 e. The van der Waals surface area contributed by atoms with E-state index in [1.807, 2.05) is 12.1 Å². The van der Waals surface area contributed by atoms with Gasteiger partial charge < -0.3 is 10.4 Å². The van der Waals surface area contributed by atoms with E-state index in [0.717, 1.165) is 11.8 Å². The molecule has 0 spiro atoms. The lowest BCUT2D eigenvalue weighted by Crippen LogP contribution is -1.99. The van der Waals surface area contributed by atoms with Gasteiger partial charge in [-0.15, -0.1) is 0 Å². The van der Waals surface area contributed by atoms with E-state index in [1.54, 1.807) is 18.2 Å². The molecule has 0 bridgehead atoms. The average Bonchev–Trinajstić information content (AvgIpc) is 2.24. The predicted molar refractivity (Wildman–Crippen MR) is 56.4 cm³/mol. The summed E-state index contributed by atoms with van der Waals surface area (Å²) in [5, 5.41) is 19.9. The van der Waals surface area contributed by atoms with E-state index in [1.165, 1.54) is 6.08 Å². The molecule has 0 aliphatic rings. The molecule has 0 saturated carbocycles. The van der Waals surface area contributed by atoms with Gasteiger partial charge in [0.15, 0.2) is 0 Å². The maximum absolute atomic E-state index is 10.2. The van der Waals surface area contributed by atoms with E-state index < -0.39 is 5.97 Å². The standard InChI is InChI=1S/C11H10N2O2/c12-8-9-3-1-4-10(7-9)13-6-2-5-11(14)15/h1-5,7,13H,6H2,(H,14,15)/b5-2+. The monoisotopic (exact) mass is 202 g/mol. The van der Waals surface area contributed by atoms with Crippen LogP contribution in [0.3, 0.4) is 0 Å². The summed E-state index contributed by atoms with van der Waals surface area (Å²) in [7, 11) is 0. The molecule has 4 nitrogen and oxygen atoms in total. The molecule has 4 heteroatoms. The molecule has 0 saturated heterocycles. The lowest BCUT2D eigenvalue weighted by molar-refractivity contribution is -0.131. The molecule has 0 unspecified atom stereocenters. The Balaban J connectivity index is 2.51. The smallest absolute Gasteiger partial charge is 0.328 e. The summed E-state index contributed by atoms with van der Waals surface area (Å²) in [6, 6.07) is 9.01. The van der Waals surface area contributed by atoms with Gasteiger partial charge in [0, 0.05) is 18.3 Å². The summed E-state index contributed by atoms with van der Waals surface area (Å²) >= 11 is 0. The van der Waals surface area contributed by atoms with Crippen molar-refractivity contribution in [1.82, 2.24) is 0 Å². The number of nitrogens with one attached hydrogen (secondary N) is 1. The number of carbonyl (C=O) groups is 1. The zero-order valence-corrected chi connectivity index (χ0v) is 7.97. The van der Waals surface area contributed by atoms with Crippen molar-refractivity contribution in [3.8, 4) is 6.07 Å². The number of anilines is 1. The fourth-order valence-electron chi connectivity index (χ4n) is 1.04. The van der Waals surface area contributed by atoms with Crippen molar-refractivity contribution in [3.63, 3.8) is 0 Å². The highest BCUT2D eigenvalue weighted by molar-refractivity contribution is 5.79. The first kappa shape index (κ1) is 10.8. The number of nitrogens with zero attached hydrogens (tertiary/aromatic N) is 1. The molecular weight excluding hydrogens is 192 g/mol. The van der Waals surface area contributed by atoms with Gasteiger partial charge in [-0.2, -0.15) is 5.26 Å². The highest BCUT2D eigenvalue weighted by atomic mass is 16.4. The molecule has 15 heavy (non-hydrogen) atoms. The number of rotatable bonds is 4. The summed E-state index contributed by atoms with van der Waals surface area (Å²) in [5.41, 5.74) is 1.37. The number of carboxylic acids is 1. The van der Waals surface area contributed by atoms with Crippen molar-refractivity contribution in [2.75, 3.05) is 11.9 Å². The van der Waals surface area contributed by atoms with Crippen LogP contribution in [-0.4, -0.2) is 17.6 Å². The quantitative estimate of drug-likeness (QED) is 0.727. The number of benzene rings is 1. The van der Waals surface area contributed by atoms with E-state index in [0.29, 0.717) is 12.1 Å². The third-order valence-corrected chi connectivity index (χ3v) is 1.68. The molecule has 0 aliphatic heterocycles. The Morgan fingerprint density at radius 2 is 2.40 bits per heavy atom. The molecule has 0 atom stereocenters. The van der Waals surface area contributed by atoms with Crippen LogP contribution in [-0.2, 0) is 4.79 Å². The van der Waals surface area contributed by atoms with Crippen molar-refractivity contribution >= 4 is 11.7 Å². The van der Waals surface area contributed by atoms with Gasteiger partial charge in [0.2, 0.25) is 0 Å². The Morgan fingerprint density at radius 1 is 1.60 bits per heavy atom. The van der Waals surface area contributed by atoms with E-state index in [2.05, 4.69) is 5.32 Å². The maximum atomic E-state index is 10.2. The molecule has 2 N–H and O–H groups in total. The van der Waals surface area contributed by atoms with Crippen molar-refractivity contribution < 1.29 is 9.90 Å². The van der Waals surface area contributed by atoms with Crippen molar-refractivity contribution in [1.29, 1.82) is 5.26 Å². The van der Waals surface area contributed by atoms with Gasteiger partial charge in [0.1, 0.15) is 0 Å². The molecule has 0 fully saturated rings. The zero-order chi connectivity index (χ0) is 11.1. The summed E-state index contributed by atoms with van der Waals surface area (Å²) in [6.45, 7) is 0.418. The highest BCUT2D eigenvalue weighted by Crippen LogP contribution is 2.08. The predicted octanol–water partition coefficient (Wildman–Crippen LogP) is 1.61. The molecule has 0 amide bonds. The van der Waals surface area contributed by atoms with Crippen LogP contribution in [0.2, 0.25) is 0 Å². The van der Waals surface area contributed by atoms with Gasteiger partial charge in [-0.1, -0.05) is 12.1 Å². The Labute approximate surface area is 87.5 Å². The maximum Gasteiger partial charge on any atom is 0.328 e. The Kier molecular flexibility index (Phi) is 3.92. The molecule has 0 aromatic heterocycles. The molecule has 76 valence electrons. The summed E-state index contributed by atoms with van der Waals surface area (Å²) < 4.78 is 0. The number of nitriles is 1. The Hall–Kier alpha value is -2.28. The first-order chi connectivity index (χ1) is 7.22. The minimum atomic E-state index is -0.970. The molecule has 0 aliphatic carbocycles. The first-order valence-corrected chi connectivity index (χ1v) is 4.36. The topological polar surface area (TPSA) is 73.1 Å². The van der Waals surface area contributed by atoms with Crippen LogP contribution in [0.1, 0.15) is 5.56 Å². The molecule has 0 heterocycles. The van der Waals surface area contributed by atoms with Crippen molar-refractivity contribution in [2.24, 2.45) is 0 Å². The second-order valence-electron chi connectivity index (χ2n) is 2.81. The molecule has 1 aromatic rings. The number of aliphatic carboxylic acids is 1. The van der Waals surface area contributed by atoms with Crippen LogP contribution in [0, 0.1) is 11.3 Å². The molecule has 1 rings (SSSR count). The normalized spacial score (nSPS) is 9.80. The minimum Gasteiger partial charge on any atom is -0.478 e. The van der Waals surface area contributed by atoms with E-state index in [-0.39, 0.29) is 0 Å². The Bertz CT molecular complexity index is 419. The van der Waals surface area contributed by atoms with Crippen LogP contribution in [0.4, 0.5) is 5.69 Å². The van der Waals surface area contributed by atoms with E-state index >= 15 is 0 Å². The van der Waals surface area contributed by atoms with Crippen LogP contribution in [0.5, 0.6) is 0 Å². The van der Waals surface area contributed by atoms with Crippen molar-refractivity contribution in [3.05, 3.63) is 42.0 Å². The lowest BCUT2D eigenvalue weighted by Gasteiger charge is -2.02. The summed E-state index contributed by atoms with van der Waals surface area (Å²) in [4.78, 5) is 10.2. The third-order valence-electron chi connectivity index (χ3n) is 1.68. The van der Waals surface area contributed by atoms with E-state index in [4.69, 9.17) is 10.4 Å². The zero-order valence-electron chi connectivity index (χ0n) is 7.97. The van der Waals surface area contributed by atoms with Gasteiger partial charge in [0.05, 0.1) is 11.6 Å². The number of hydrogen-bond donors (Lipinski definition) is 2. The third kappa shape index (κ3) is 3.96. The summed E-state index contributed by atoms with van der Waals surface area (Å²) in [5.74, 6) is -0.970. The van der Waals surface area contributed by atoms with Gasteiger partial charge in [-0.25, -0.2) is 4.79 Å². The molecule has 1 aromatic carbocycles. The average molecular weight is 202 g/mol. The SMILES string of the molecule is N#Cc1cccc(NC/C=C/C(=O)O)c1. The van der Waals surface area contributed by atoms with Gasteiger partial charge in [-0.3, -0.25) is 0 Å². The van der Waals surface area contributed by atoms with Gasteiger partial charge in [0.25, 0.3) is 0 Å². The number of hydrogen-bond acceptors (Lipinski definition) is 3. The van der Waals surface area contributed by atoms with Crippen LogP contribution in [0.25, 0.3) is 0 Å². The fourth-order valence-corrected chi connectivity index (χ4v) is 1.04. The molecular formula is C11H10N2O2. The van der Waals surface area contributed by atoms with E-state index in [9.17, 15) is 4.79 Å². The van der Waals surface area contributed by atoms with Crippen molar-refractivity contribution in [2.45, 2.75) is 0 Å². The fraction of sp³-hybridized carbons (Fsp3) is 0.0909. The van der Waals surface area contributed by atoms with Crippen LogP contribution in [0.15, 0.2) is 36.4 Å². The van der Waals surface area contributed by atoms with Gasteiger partial charge >= 0.3 is 5.97 Å². The second-order valence-corrected chi connectivity index (χ2v) is 2.81. The van der Waals surface area contributed by atoms with Crippen LogP contribution < -0.4 is 5.32 Å². The molecule has 0 radical (unpaired) electrons. The lowest BCUT2D eigenvalue weighted by atomic mass is 10.2. The Morgan fingerprint density at radius 3 is 3.07 bits per heavy atom. The first-order valence-electron chi connectivity index (χ1n) is 4.36. The number of carboxylic acid groups (broad SMARTS) is 1.